The van der Waals surface area contributed by atoms with Crippen LogP contribution in [0.5, 0.6) is 0 Å². The van der Waals surface area contributed by atoms with Crippen LogP contribution in [0, 0.1) is 0 Å². The molecule has 0 radical (unpaired) electrons. The molecule has 2 aliphatic rings. The van der Waals surface area contributed by atoms with Gasteiger partial charge in [0, 0.05) is 60.2 Å². The number of ketones is 2. The standard InChI is InChI=1S/C33H40Cl4N4O5/c1-21(43)31(20-42)41-12-3-11-40(33(41)45)26-8-13-39(14-9-26)15-10-27(22-4-5-28(36)29(37)18-22)30(38-46-2)6-7-32(44)23-16-24(34)19-25(35)17-23/h4-5,16-19,26-27,31,42H,3,6-15,20H2,1-2H3/b38-30-. The van der Waals surface area contributed by atoms with Crippen molar-refractivity contribution in [3.8, 4) is 0 Å². The second-order valence-corrected chi connectivity index (χ2v) is 13.5. The van der Waals surface area contributed by atoms with E-state index in [9.17, 15) is 19.5 Å². The molecule has 2 aromatic carbocycles. The van der Waals surface area contributed by atoms with Gasteiger partial charge in [0.15, 0.2) is 11.6 Å². The Bertz CT molecular complexity index is 1410. The largest absolute Gasteiger partial charge is 0.399 e. The summed E-state index contributed by atoms with van der Waals surface area (Å²) in [6, 6.07) is 9.40. The van der Waals surface area contributed by atoms with Gasteiger partial charge in [0.2, 0.25) is 0 Å². The molecule has 2 heterocycles. The van der Waals surface area contributed by atoms with E-state index in [-0.39, 0.29) is 42.6 Å². The van der Waals surface area contributed by atoms with Gasteiger partial charge in [-0.3, -0.25) is 9.59 Å². The van der Waals surface area contributed by atoms with Crippen LogP contribution in [-0.4, -0.2) is 102 Å². The molecular formula is C33H40Cl4N4O5. The maximum absolute atomic E-state index is 13.3. The van der Waals surface area contributed by atoms with Crippen molar-refractivity contribution >= 4 is 69.7 Å². The molecule has 4 rings (SSSR count). The third-order valence-corrected chi connectivity index (χ3v) is 9.96. The molecule has 2 fully saturated rings. The third kappa shape index (κ3) is 9.36. The molecule has 13 heteroatoms. The van der Waals surface area contributed by atoms with E-state index in [1.807, 2.05) is 17.0 Å². The van der Waals surface area contributed by atoms with Crippen molar-refractivity contribution < 1.29 is 24.3 Å². The molecule has 2 unspecified atom stereocenters. The van der Waals surface area contributed by atoms with Gasteiger partial charge in [-0.1, -0.05) is 57.6 Å². The van der Waals surface area contributed by atoms with E-state index in [0.717, 1.165) is 44.5 Å². The minimum absolute atomic E-state index is 0.0698. The van der Waals surface area contributed by atoms with E-state index < -0.39 is 6.04 Å². The molecule has 0 aliphatic carbocycles. The number of nitrogens with zero attached hydrogens (tertiary/aromatic N) is 4. The van der Waals surface area contributed by atoms with Crippen LogP contribution in [0.25, 0.3) is 0 Å². The second kappa shape index (κ2) is 17.1. The van der Waals surface area contributed by atoms with Crippen LogP contribution in [0.4, 0.5) is 4.79 Å². The number of carbonyl (C=O) groups is 3. The van der Waals surface area contributed by atoms with Crippen LogP contribution >= 0.6 is 46.4 Å². The number of hydrogen-bond acceptors (Lipinski definition) is 7. The molecule has 46 heavy (non-hydrogen) atoms. The lowest BCUT2D eigenvalue weighted by atomic mass is 9.87. The Labute approximate surface area is 290 Å². The van der Waals surface area contributed by atoms with Gasteiger partial charge in [-0.2, -0.15) is 0 Å². The highest BCUT2D eigenvalue weighted by Gasteiger charge is 2.37. The molecule has 9 nitrogen and oxygen atoms in total. The summed E-state index contributed by atoms with van der Waals surface area (Å²) in [6.07, 6.45) is 3.59. The highest BCUT2D eigenvalue weighted by Crippen LogP contribution is 2.32. The molecule has 0 saturated carbocycles. The number of piperidine rings is 1. The first-order valence-electron chi connectivity index (χ1n) is 15.5. The zero-order chi connectivity index (χ0) is 33.4. The van der Waals surface area contributed by atoms with Crippen molar-refractivity contribution in [3.05, 3.63) is 67.6 Å². The van der Waals surface area contributed by atoms with Crippen LogP contribution in [0.3, 0.4) is 0 Å². The fraction of sp³-hybridized carbons (Fsp3) is 0.515. The van der Waals surface area contributed by atoms with E-state index in [0.29, 0.717) is 57.3 Å². The highest BCUT2D eigenvalue weighted by atomic mass is 35.5. The molecule has 0 aromatic heterocycles. The first-order chi connectivity index (χ1) is 22.0. The van der Waals surface area contributed by atoms with Gasteiger partial charge >= 0.3 is 6.03 Å². The van der Waals surface area contributed by atoms with Gasteiger partial charge < -0.3 is 24.6 Å². The predicted octanol–water partition coefficient (Wildman–Crippen LogP) is 6.98. The number of hydrogen-bond donors (Lipinski definition) is 1. The molecule has 1 N–H and O–H groups in total. The van der Waals surface area contributed by atoms with Gasteiger partial charge in [0.05, 0.1) is 22.4 Å². The molecule has 2 aromatic rings. The first kappa shape index (κ1) is 36.4. The Morgan fingerprint density at radius 1 is 0.978 bits per heavy atom. The summed E-state index contributed by atoms with van der Waals surface area (Å²) >= 11 is 24.9. The molecule has 2 atom stereocenters. The molecule has 2 saturated heterocycles. The average Bonchev–Trinajstić information content (AvgIpc) is 3.02. The van der Waals surface area contributed by atoms with Crippen molar-refractivity contribution in [2.24, 2.45) is 5.16 Å². The number of rotatable bonds is 14. The van der Waals surface area contributed by atoms with Gasteiger partial charge in [0.25, 0.3) is 0 Å². The number of likely N-dealkylation sites (tertiary alicyclic amines) is 1. The summed E-state index contributed by atoms with van der Waals surface area (Å²) < 4.78 is 0. The van der Waals surface area contributed by atoms with Crippen molar-refractivity contribution in [3.63, 3.8) is 0 Å². The smallest absolute Gasteiger partial charge is 0.320 e. The van der Waals surface area contributed by atoms with Crippen molar-refractivity contribution in [2.75, 3.05) is 46.4 Å². The maximum Gasteiger partial charge on any atom is 0.320 e. The van der Waals surface area contributed by atoms with Crippen LogP contribution in [0.2, 0.25) is 20.1 Å². The highest BCUT2D eigenvalue weighted by molar-refractivity contribution is 6.42. The molecule has 0 bridgehead atoms. The van der Waals surface area contributed by atoms with E-state index in [4.69, 9.17) is 51.2 Å². The lowest BCUT2D eigenvalue weighted by Gasteiger charge is -2.45. The van der Waals surface area contributed by atoms with E-state index in [2.05, 4.69) is 10.1 Å². The predicted molar refractivity (Wildman–Crippen MR) is 183 cm³/mol. The van der Waals surface area contributed by atoms with Gasteiger partial charge in [-0.15, -0.1) is 0 Å². The average molecular weight is 715 g/mol. The number of aliphatic hydroxyl groups excluding tert-OH is 1. The van der Waals surface area contributed by atoms with E-state index in [1.165, 1.54) is 18.9 Å². The van der Waals surface area contributed by atoms with E-state index >= 15 is 0 Å². The number of amides is 2. The molecule has 0 spiro atoms. The van der Waals surface area contributed by atoms with Crippen LogP contribution in [0.1, 0.15) is 67.3 Å². The minimum atomic E-state index is -0.796. The normalized spacial score (nSPS) is 18.1. The monoisotopic (exact) mass is 712 g/mol. The summed E-state index contributed by atoms with van der Waals surface area (Å²) in [5.41, 5.74) is 2.06. The second-order valence-electron chi connectivity index (χ2n) is 11.8. The van der Waals surface area contributed by atoms with Gasteiger partial charge in [-0.25, -0.2) is 4.79 Å². The number of urea groups is 1. The quantitative estimate of drug-likeness (QED) is 0.129. The lowest BCUT2D eigenvalue weighted by Crippen LogP contribution is -2.60. The summed E-state index contributed by atoms with van der Waals surface area (Å²) in [7, 11) is 1.48. The fourth-order valence-electron chi connectivity index (χ4n) is 6.36. The SMILES string of the molecule is CO/N=C(/CCC(=O)c1cc(Cl)cc(Cl)c1)C(CCN1CCC(N2CCCN(C(CO)C(C)=O)C2=O)CC1)c1ccc(Cl)c(Cl)c1. The molecule has 250 valence electrons. The lowest BCUT2D eigenvalue weighted by molar-refractivity contribution is -0.123. The maximum atomic E-state index is 13.3. The van der Waals surface area contributed by atoms with Crippen LogP contribution < -0.4 is 0 Å². The van der Waals surface area contributed by atoms with Crippen LogP contribution in [0.15, 0.2) is 41.6 Å². The summed E-state index contributed by atoms with van der Waals surface area (Å²) in [6.45, 7) is 4.49. The van der Waals surface area contributed by atoms with Crippen molar-refractivity contribution in [1.82, 2.24) is 14.7 Å². The number of carbonyl (C=O) groups excluding carboxylic acids is 3. The Morgan fingerprint density at radius 3 is 2.28 bits per heavy atom. The zero-order valence-electron chi connectivity index (χ0n) is 26.1. The third-order valence-electron chi connectivity index (χ3n) is 8.79. The number of oxime groups is 1. The number of aliphatic hydroxyl groups is 1. The van der Waals surface area contributed by atoms with E-state index in [1.54, 1.807) is 24.3 Å². The summed E-state index contributed by atoms with van der Waals surface area (Å²) in [5, 5.41) is 15.8. The van der Waals surface area contributed by atoms with Gasteiger partial charge in [0.1, 0.15) is 13.2 Å². The zero-order valence-corrected chi connectivity index (χ0v) is 29.1. The van der Waals surface area contributed by atoms with Crippen molar-refractivity contribution in [2.45, 2.75) is 63.5 Å². The number of halogens is 4. The fourth-order valence-corrected chi connectivity index (χ4v) is 7.20. The minimum Gasteiger partial charge on any atom is -0.399 e. The Kier molecular flexibility index (Phi) is 13.6. The number of Topliss-reactive ketones (excluding diaryl/α,β-unsaturated/α-hetero) is 2. The Hall–Kier alpha value is -2.40. The van der Waals surface area contributed by atoms with Crippen LogP contribution in [-0.2, 0) is 9.63 Å². The molecule has 2 amide bonds. The van der Waals surface area contributed by atoms with Gasteiger partial charge in [-0.05, 0) is 81.5 Å². The number of benzene rings is 2. The van der Waals surface area contributed by atoms with Crippen molar-refractivity contribution in [1.29, 1.82) is 0 Å². The Morgan fingerprint density at radius 2 is 1.67 bits per heavy atom. The summed E-state index contributed by atoms with van der Waals surface area (Å²) in [5.74, 6) is -0.510. The molecule has 2 aliphatic heterocycles. The topological polar surface area (TPSA) is 103 Å². The summed E-state index contributed by atoms with van der Waals surface area (Å²) in [4.78, 5) is 49.4. The molecular weight excluding hydrogens is 674 g/mol. The first-order valence-corrected chi connectivity index (χ1v) is 17.0. The Balaban J connectivity index is 1.43.